The van der Waals surface area contributed by atoms with Crippen LogP contribution >= 0.6 is 34.2 Å². The largest absolute Gasteiger partial charge is 0.454 e. The minimum atomic E-state index is 0.247. The summed E-state index contributed by atoms with van der Waals surface area (Å²) >= 11 is 8.12. The van der Waals surface area contributed by atoms with Crippen molar-refractivity contribution in [2.24, 2.45) is 0 Å². The lowest BCUT2D eigenvalue weighted by Crippen LogP contribution is -2.17. The molecule has 1 aromatic heterocycles. The predicted octanol–water partition coefficient (Wildman–Crippen LogP) is 4.39. The van der Waals surface area contributed by atoms with Crippen LogP contribution in [0.3, 0.4) is 0 Å². The Morgan fingerprint density at radius 2 is 2.18 bits per heavy atom. The maximum absolute atomic E-state index is 5.96. The Bertz CT molecular complexity index is 498. The van der Waals surface area contributed by atoms with Gasteiger partial charge in [0.2, 0.25) is 0 Å². The van der Waals surface area contributed by atoms with E-state index in [-0.39, 0.29) is 6.04 Å². The molecule has 1 atom stereocenters. The van der Waals surface area contributed by atoms with Crippen LogP contribution in [0, 0.1) is 3.77 Å². The van der Waals surface area contributed by atoms with Crippen LogP contribution < -0.4 is 5.32 Å². The van der Waals surface area contributed by atoms with E-state index in [1.807, 2.05) is 30.3 Å². The third kappa shape index (κ3) is 3.72. The molecule has 2 nitrogen and oxygen atoms in total. The summed E-state index contributed by atoms with van der Waals surface area (Å²) < 4.78 is 6.40. The third-order valence-corrected chi connectivity index (χ3v) is 3.37. The summed E-state index contributed by atoms with van der Waals surface area (Å²) in [5.41, 5.74) is 1.18. The molecule has 2 aromatic rings. The van der Waals surface area contributed by atoms with Crippen molar-refractivity contribution in [2.75, 3.05) is 0 Å². The van der Waals surface area contributed by atoms with Gasteiger partial charge in [0, 0.05) is 11.1 Å². The van der Waals surface area contributed by atoms with Gasteiger partial charge in [-0.15, -0.1) is 0 Å². The molecule has 17 heavy (non-hydrogen) atoms. The molecule has 0 aliphatic heterocycles. The van der Waals surface area contributed by atoms with Crippen molar-refractivity contribution in [3.63, 3.8) is 0 Å². The Morgan fingerprint density at radius 3 is 2.82 bits per heavy atom. The van der Waals surface area contributed by atoms with Crippen LogP contribution in [0.25, 0.3) is 0 Å². The molecular formula is C13H13ClINO. The quantitative estimate of drug-likeness (QED) is 0.817. The summed E-state index contributed by atoms with van der Waals surface area (Å²) in [4.78, 5) is 0. The average Bonchev–Trinajstić information content (AvgIpc) is 2.72. The van der Waals surface area contributed by atoms with E-state index in [1.54, 1.807) is 0 Å². The van der Waals surface area contributed by atoms with Gasteiger partial charge >= 0.3 is 0 Å². The lowest BCUT2D eigenvalue weighted by Gasteiger charge is -2.13. The lowest BCUT2D eigenvalue weighted by atomic mass is 10.1. The van der Waals surface area contributed by atoms with Crippen LogP contribution in [0.4, 0.5) is 0 Å². The zero-order valence-corrected chi connectivity index (χ0v) is 12.3. The lowest BCUT2D eigenvalue weighted by molar-refractivity contribution is 0.445. The van der Waals surface area contributed by atoms with Gasteiger partial charge in [-0.3, -0.25) is 0 Å². The first-order valence-corrected chi connectivity index (χ1v) is 6.84. The number of rotatable bonds is 4. The van der Waals surface area contributed by atoms with E-state index in [0.29, 0.717) is 0 Å². The van der Waals surface area contributed by atoms with Crippen LogP contribution in [0.5, 0.6) is 0 Å². The zero-order valence-electron chi connectivity index (χ0n) is 9.41. The number of nitrogens with one attached hydrogen (secondary N) is 1. The highest BCUT2D eigenvalue weighted by Crippen LogP contribution is 2.18. The van der Waals surface area contributed by atoms with Gasteiger partial charge in [-0.1, -0.05) is 23.7 Å². The van der Waals surface area contributed by atoms with Gasteiger partial charge in [-0.05, 0) is 59.3 Å². The van der Waals surface area contributed by atoms with Crippen molar-refractivity contribution in [3.8, 4) is 0 Å². The van der Waals surface area contributed by atoms with E-state index in [4.69, 9.17) is 16.0 Å². The molecular weight excluding hydrogens is 349 g/mol. The fourth-order valence-electron chi connectivity index (χ4n) is 1.59. The molecule has 0 aliphatic carbocycles. The molecule has 0 bridgehead atoms. The molecule has 0 amide bonds. The van der Waals surface area contributed by atoms with E-state index >= 15 is 0 Å². The van der Waals surface area contributed by atoms with Gasteiger partial charge in [-0.2, -0.15) is 0 Å². The molecule has 0 fully saturated rings. The van der Waals surface area contributed by atoms with Gasteiger partial charge < -0.3 is 9.73 Å². The topological polar surface area (TPSA) is 25.2 Å². The van der Waals surface area contributed by atoms with Crippen LogP contribution in [-0.2, 0) is 6.54 Å². The summed E-state index contributed by atoms with van der Waals surface area (Å²) in [7, 11) is 0. The molecule has 0 spiro atoms. The summed E-state index contributed by atoms with van der Waals surface area (Å²) in [5, 5.41) is 4.17. The summed E-state index contributed by atoms with van der Waals surface area (Å²) in [6.07, 6.45) is 0. The van der Waals surface area contributed by atoms with Gasteiger partial charge in [0.15, 0.2) is 3.77 Å². The predicted molar refractivity (Wildman–Crippen MR) is 78.1 cm³/mol. The monoisotopic (exact) mass is 361 g/mol. The van der Waals surface area contributed by atoms with E-state index in [0.717, 1.165) is 21.1 Å². The van der Waals surface area contributed by atoms with E-state index in [9.17, 15) is 0 Å². The van der Waals surface area contributed by atoms with Gasteiger partial charge in [0.1, 0.15) is 5.76 Å². The van der Waals surface area contributed by atoms with Crippen molar-refractivity contribution in [1.82, 2.24) is 5.32 Å². The number of hydrogen-bond donors (Lipinski definition) is 1. The second kappa shape index (κ2) is 5.89. The number of halogens is 2. The van der Waals surface area contributed by atoms with E-state index in [1.165, 1.54) is 5.56 Å². The van der Waals surface area contributed by atoms with Crippen molar-refractivity contribution in [2.45, 2.75) is 19.5 Å². The molecule has 0 saturated heterocycles. The second-order valence-electron chi connectivity index (χ2n) is 3.86. The molecule has 0 saturated carbocycles. The van der Waals surface area contributed by atoms with Crippen LogP contribution in [0.1, 0.15) is 24.3 Å². The average molecular weight is 362 g/mol. The highest BCUT2D eigenvalue weighted by molar-refractivity contribution is 14.1. The van der Waals surface area contributed by atoms with Crippen LogP contribution in [0.15, 0.2) is 40.8 Å². The number of benzene rings is 1. The molecule has 4 heteroatoms. The third-order valence-electron chi connectivity index (χ3n) is 2.56. The van der Waals surface area contributed by atoms with Crippen molar-refractivity contribution in [3.05, 3.63) is 56.5 Å². The first-order chi connectivity index (χ1) is 8.15. The second-order valence-corrected chi connectivity index (χ2v) is 5.36. The summed E-state index contributed by atoms with van der Waals surface area (Å²) in [5.74, 6) is 0.947. The van der Waals surface area contributed by atoms with Crippen LogP contribution in [0.2, 0.25) is 5.02 Å². The summed E-state index contributed by atoms with van der Waals surface area (Å²) in [6, 6.07) is 12.1. The highest BCUT2D eigenvalue weighted by Gasteiger charge is 2.06. The van der Waals surface area contributed by atoms with Gasteiger partial charge in [0.25, 0.3) is 0 Å². The van der Waals surface area contributed by atoms with E-state index in [2.05, 4.69) is 40.9 Å². The Morgan fingerprint density at radius 1 is 1.35 bits per heavy atom. The fourth-order valence-corrected chi connectivity index (χ4v) is 2.26. The first-order valence-electron chi connectivity index (χ1n) is 5.38. The Kier molecular flexibility index (Phi) is 4.48. The Hall–Kier alpha value is -0.520. The van der Waals surface area contributed by atoms with Crippen molar-refractivity contribution in [1.29, 1.82) is 0 Å². The van der Waals surface area contributed by atoms with Gasteiger partial charge in [0.05, 0.1) is 6.54 Å². The van der Waals surface area contributed by atoms with Gasteiger partial charge in [-0.25, -0.2) is 0 Å². The number of hydrogen-bond acceptors (Lipinski definition) is 2. The SMILES string of the molecule is C[C@@H](NCc1ccc(I)o1)c1cccc(Cl)c1. The Balaban J connectivity index is 1.95. The molecule has 90 valence electrons. The van der Waals surface area contributed by atoms with Crippen LogP contribution in [-0.4, -0.2) is 0 Å². The fraction of sp³-hybridized carbons (Fsp3) is 0.231. The molecule has 0 radical (unpaired) electrons. The highest BCUT2D eigenvalue weighted by atomic mass is 127. The number of furan rings is 1. The standard InChI is InChI=1S/C13H13ClINO/c1-9(10-3-2-4-11(14)7-10)16-8-12-5-6-13(15)17-12/h2-7,9,16H,8H2,1H3/t9-/m1/s1. The van der Waals surface area contributed by atoms with E-state index < -0.39 is 0 Å². The van der Waals surface area contributed by atoms with Crippen molar-refractivity contribution >= 4 is 34.2 Å². The molecule has 0 unspecified atom stereocenters. The first kappa shape index (κ1) is 12.9. The smallest absolute Gasteiger partial charge is 0.164 e. The summed E-state index contributed by atoms with van der Waals surface area (Å²) in [6.45, 7) is 2.83. The zero-order chi connectivity index (χ0) is 12.3. The maximum Gasteiger partial charge on any atom is 0.164 e. The minimum absolute atomic E-state index is 0.247. The maximum atomic E-state index is 5.96. The molecule has 1 N–H and O–H groups in total. The molecule has 1 aromatic carbocycles. The molecule has 1 heterocycles. The normalized spacial score (nSPS) is 12.6. The Labute approximate surface area is 119 Å². The minimum Gasteiger partial charge on any atom is -0.454 e. The van der Waals surface area contributed by atoms with Crippen molar-refractivity contribution < 1.29 is 4.42 Å². The molecule has 0 aliphatic rings. The molecule has 2 rings (SSSR count).